The number of oxazole rings is 1. The van der Waals surface area contributed by atoms with Gasteiger partial charge in [-0.1, -0.05) is 24.3 Å². The summed E-state index contributed by atoms with van der Waals surface area (Å²) in [7, 11) is 0. The highest BCUT2D eigenvalue weighted by Crippen LogP contribution is 2.30. The number of rotatable bonds is 5. The first-order valence-corrected chi connectivity index (χ1v) is 10.5. The van der Waals surface area contributed by atoms with Gasteiger partial charge in [0.25, 0.3) is 5.91 Å². The summed E-state index contributed by atoms with van der Waals surface area (Å²) in [5.74, 6) is -0.232. The standard InChI is InChI=1S/C25H20FN5O2/c1-15(2)31-23-16(12-29-31)11-17(13-27-23)30-24(32)18-7-3-4-8-19(18)25-28-14-22(33-25)20-9-5-6-10-21(20)26/h3-15H,1-2H3,(H,30,32). The van der Waals surface area contributed by atoms with Crippen molar-refractivity contribution in [3.8, 4) is 22.8 Å². The summed E-state index contributed by atoms with van der Waals surface area (Å²) in [6, 6.07) is 15.3. The number of hydrogen-bond donors (Lipinski definition) is 1. The van der Waals surface area contributed by atoms with Crippen LogP contribution in [-0.2, 0) is 0 Å². The Hall–Kier alpha value is -4.33. The van der Waals surface area contributed by atoms with Crippen molar-refractivity contribution in [1.82, 2.24) is 19.7 Å². The first-order valence-electron chi connectivity index (χ1n) is 10.5. The topological polar surface area (TPSA) is 85.8 Å². The van der Waals surface area contributed by atoms with Crippen molar-refractivity contribution >= 4 is 22.6 Å². The van der Waals surface area contributed by atoms with Gasteiger partial charge < -0.3 is 9.73 Å². The SMILES string of the molecule is CC(C)n1ncc2cc(NC(=O)c3ccccc3-c3ncc(-c4ccccc4F)o3)cnc21. The summed E-state index contributed by atoms with van der Waals surface area (Å²) in [5, 5.41) is 8.06. The van der Waals surface area contributed by atoms with E-state index in [1.54, 1.807) is 54.9 Å². The number of fused-ring (bicyclic) bond motifs is 1. The molecule has 0 fully saturated rings. The lowest BCUT2D eigenvalue weighted by Crippen LogP contribution is -2.13. The second-order valence-electron chi connectivity index (χ2n) is 7.83. The van der Waals surface area contributed by atoms with Crippen LogP contribution in [0.15, 0.2) is 77.6 Å². The molecule has 0 saturated carbocycles. The number of carbonyl (C=O) groups is 1. The molecule has 0 radical (unpaired) electrons. The third kappa shape index (κ3) is 3.87. The first kappa shape index (κ1) is 20.6. The van der Waals surface area contributed by atoms with Crippen LogP contribution < -0.4 is 5.32 Å². The molecule has 3 heterocycles. The van der Waals surface area contributed by atoms with Crippen LogP contribution in [0.3, 0.4) is 0 Å². The van der Waals surface area contributed by atoms with Crippen LogP contribution >= 0.6 is 0 Å². The lowest BCUT2D eigenvalue weighted by Gasteiger charge is -2.09. The van der Waals surface area contributed by atoms with E-state index in [2.05, 4.69) is 20.4 Å². The molecule has 5 aromatic rings. The fourth-order valence-corrected chi connectivity index (χ4v) is 3.64. The molecule has 0 atom stereocenters. The predicted octanol–water partition coefficient (Wildman–Crippen LogP) is 5.73. The molecular weight excluding hydrogens is 421 g/mol. The maximum Gasteiger partial charge on any atom is 0.256 e. The summed E-state index contributed by atoms with van der Waals surface area (Å²) in [4.78, 5) is 21.8. The number of hydrogen-bond acceptors (Lipinski definition) is 5. The van der Waals surface area contributed by atoms with E-state index in [-0.39, 0.29) is 23.6 Å². The smallest absolute Gasteiger partial charge is 0.256 e. The average molecular weight is 441 g/mol. The zero-order valence-electron chi connectivity index (χ0n) is 18.0. The average Bonchev–Trinajstić information content (AvgIpc) is 3.46. The van der Waals surface area contributed by atoms with Gasteiger partial charge in [-0.2, -0.15) is 5.10 Å². The van der Waals surface area contributed by atoms with Crippen molar-refractivity contribution in [2.75, 3.05) is 5.32 Å². The molecule has 0 aliphatic rings. The van der Waals surface area contributed by atoms with Gasteiger partial charge in [0.15, 0.2) is 11.4 Å². The number of pyridine rings is 1. The number of amides is 1. The van der Waals surface area contributed by atoms with Crippen LogP contribution in [0.4, 0.5) is 10.1 Å². The second-order valence-corrected chi connectivity index (χ2v) is 7.83. The molecule has 0 aliphatic carbocycles. The Morgan fingerprint density at radius 2 is 1.76 bits per heavy atom. The van der Waals surface area contributed by atoms with Gasteiger partial charge in [0.05, 0.1) is 35.4 Å². The zero-order valence-corrected chi connectivity index (χ0v) is 18.0. The number of carbonyl (C=O) groups excluding carboxylic acids is 1. The van der Waals surface area contributed by atoms with E-state index in [1.165, 1.54) is 12.3 Å². The molecule has 164 valence electrons. The van der Waals surface area contributed by atoms with Gasteiger partial charge in [-0.15, -0.1) is 0 Å². The van der Waals surface area contributed by atoms with E-state index < -0.39 is 5.82 Å². The Labute approximate surface area is 188 Å². The Bertz CT molecular complexity index is 1470. The number of anilines is 1. The molecule has 2 aromatic carbocycles. The quantitative estimate of drug-likeness (QED) is 0.377. The minimum Gasteiger partial charge on any atom is -0.436 e. The van der Waals surface area contributed by atoms with E-state index in [0.717, 1.165) is 11.0 Å². The van der Waals surface area contributed by atoms with Crippen molar-refractivity contribution in [2.45, 2.75) is 19.9 Å². The van der Waals surface area contributed by atoms with Crippen molar-refractivity contribution in [1.29, 1.82) is 0 Å². The molecule has 7 nitrogen and oxygen atoms in total. The number of aromatic nitrogens is 4. The van der Waals surface area contributed by atoms with E-state index in [1.807, 2.05) is 24.6 Å². The largest absolute Gasteiger partial charge is 0.436 e. The number of nitrogens with zero attached hydrogens (tertiary/aromatic N) is 4. The molecule has 1 amide bonds. The van der Waals surface area contributed by atoms with Gasteiger partial charge in [-0.25, -0.2) is 19.0 Å². The van der Waals surface area contributed by atoms with E-state index in [9.17, 15) is 9.18 Å². The van der Waals surface area contributed by atoms with E-state index >= 15 is 0 Å². The van der Waals surface area contributed by atoms with Crippen LogP contribution in [0.25, 0.3) is 33.8 Å². The summed E-state index contributed by atoms with van der Waals surface area (Å²) >= 11 is 0. The fraction of sp³-hybridized carbons (Fsp3) is 0.120. The molecule has 8 heteroatoms. The molecule has 3 aromatic heterocycles. The Kier molecular flexibility index (Phi) is 5.18. The van der Waals surface area contributed by atoms with Crippen molar-refractivity contribution in [2.24, 2.45) is 0 Å². The van der Waals surface area contributed by atoms with Gasteiger partial charge in [0, 0.05) is 17.0 Å². The predicted molar refractivity (Wildman–Crippen MR) is 123 cm³/mol. The molecule has 5 rings (SSSR count). The van der Waals surface area contributed by atoms with Crippen molar-refractivity contribution in [3.05, 3.63) is 84.6 Å². The second kappa shape index (κ2) is 8.31. The molecule has 0 aliphatic heterocycles. The van der Waals surface area contributed by atoms with Gasteiger partial charge >= 0.3 is 0 Å². The molecule has 0 saturated heterocycles. The highest BCUT2D eigenvalue weighted by Gasteiger charge is 2.18. The Balaban J connectivity index is 1.44. The van der Waals surface area contributed by atoms with E-state index in [0.29, 0.717) is 22.4 Å². The highest BCUT2D eigenvalue weighted by molar-refractivity contribution is 6.08. The van der Waals surface area contributed by atoms with Gasteiger partial charge in [0.2, 0.25) is 5.89 Å². The van der Waals surface area contributed by atoms with Crippen LogP contribution in [0.2, 0.25) is 0 Å². The maximum absolute atomic E-state index is 14.1. The minimum atomic E-state index is -0.407. The van der Waals surface area contributed by atoms with Crippen LogP contribution in [0, 0.1) is 5.82 Å². The molecule has 33 heavy (non-hydrogen) atoms. The maximum atomic E-state index is 14.1. The van der Waals surface area contributed by atoms with Crippen LogP contribution in [0.1, 0.15) is 30.2 Å². The summed E-state index contributed by atoms with van der Waals surface area (Å²) < 4.78 is 21.8. The normalized spacial score (nSPS) is 11.3. The highest BCUT2D eigenvalue weighted by atomic mass is 19.1. The van der Waals surface area contributed by atoms with Crippen LogP contribution in [-0.4, -0.2) is 25.7 Å². The summed E-state index contributed by atoms with van der Waals surface area (Å²) in [6.45, 7) is 4.06. The molecular formula is C25H20FN5O2. The molecule has 0 bridgehead atoms. The van der Waals surface area contributed by atoms with E-state index in [4.69, 9.17) is 4.42 Å². The summed E-state index contributed by atoms with van der Waals surface area (Å²) in [6.07, 6.45) is 4.78. The monoisotopic (exact) mass is 441 g/mol. The third-order valence-electron chi connectivity index (χ3n) is 5.23. The number of halogens is 1. The molecule has 1 N–H and O–H groups in total. The fourth-order valence-electron chi connectivity index (χ4n) is 3.64. The van der Waals surface area contributed by atoms with Gasteiger partial charge in [0.1, 0.15) is 5.82 Å². The first-order chi connectivity index (χ1) is 16.0. The molecule has 0 spiro atoms. The number of benzene rings is 2. The van der Waals surface area contributed by atoms with Gasteiger partial charge in [-0.05, 0) is 44.2 Å². The Morgan fingerprint density at radius 3 is 2.55 bits per heavy atom. The minimum absolute atomic E-state index is 0.178. The zero-order chi connectivity index (χ0) is 22.9. The lowest BCUT2D eigenvalue weighted by atomic mass is 10.1. The Morgan fingerprint density at radius 1 is 1.00 bits per heavy atom. The van der Waals surface area contributed by atoms with Crippen LogP contribution in [0.5, 0.6) is 0 Å². The van der Waals surface area contributed by atoms with Crippen molar-refractivity contribution in [3.63, 3.8) is 0 Å². The lowest BCUT2D eigenvalue weighted by molar-refractivity contribution is 0.102. The van der Waals surface area contributed by atoms with Crippen molar-refractivity contribution < 1.29 is 13.6 Å². The third-order valence-corrected chi connectivity index (χ3v) is 5.23. The molecule has 0 unspecified atom stereocenters. The van der Waals surface area contributed by atoms with Gasteiger partial charge in [-0.3, -0.25) is 4.79 Å². The number of nitrogens with one attached hydrogen (secondary N) is 1. The summed E-state index contributed by atoms with van der Waals surface area (Å²) in [5.41, 5.74) is 2.48.